The molecule has 114 valence electrons. The van der Waals surface area contributed by atoms with Crippen LogP contribution < -0.4 is 5.32 Å². The Balaban J connectivity index is 1.69. The summed E-state index contributed by atoms with van der Waals surface area (Å²) in [7, 11) is 0. The molecule has 5 nitrogen and oxygen atoms in total. The van der Waals surface area contributed by atoms with Crippen LogP contribution in [0.5, 0.6) is 0 Å². The minimum Gasteiger partial charge on any atom is -0.337 e. The van der Waals surface area contributed by atoms with Gasteiger partial charge in [0.05, 0.1) is 12.1 Å². The van der Waals surface area contributed by atoms with Crippen molar-refractivity contribution in [2.45, 2.75) is 25.8 Å². The maximum absolute atomic E-state index is 12.6. The molecule has 1 aromatic heterocycles. The van der Waals surface area contributed by atoms with E-state index in [9.17, 15) is 9.59 Å². The summed E-state index contributed by atoms with van der Waals surface area (Å²) in [6.45, 7) is 5.46. The molecule has 0 aliphatic carbocycles. The second kappa shape index (κ2) is 6.15. The minimum atomic E-state index is 0.112. The lowest BCUT2D eigenvalue weighted by atomic mass is 10.0. The number of hydrogen-bond donors (Lipinski definition) is 1. The summed E-state index contributed by atoms with van der Waals surface area (Å²) in [6, 6.07) is 0.177. The van der Waals surface area contributed by atoms with E-state index in [-0.39, 0.29) is 17.9 Å². The van der Waals surface area contributed by atoms with E-state index in [1.54, 1.807) is 11.3 Å². The van der Waals surface area contributed by atoms with Crippen LogP contribution in [0, 0.1) is 6.92 Å². The molecule has 0 bridgehead atoms. The van der Waals surface area contributed by atoms with E-state index >= 15 is 0 Å². The van der Waals surface area contributed by atoms with E-state index in [2.05, 4.69) is 5.32 Å². The second-order valence-electron chi connectivity index (χ2n) is 5.78. The number of likely N-dealkylation sites (tertiary alicyclic amines) is 1. The molecule has 2 aliphatic heterocycles. The van der Waals surface area contributed by atoms with Crippen molar-refractivity contribution in [1.82, 2.24) is 15.1 Å². The first-order chi connectivity index (χ1) is 10.2. The second-order valence-corrected chi connectivity index (χ2v) is 6.52. The number of carbonyl (C=O) groups is 2. The van der Waals surface area contributed by atoms with E-state index in [4.69, 9.17) is 0 Å². The first-order valence-electron chi connectivity index (χ1n) is 7.49. The average molecular weight is 307 g/mol. The number of rotatable bonds is 2. The van der Waals surface area contributed by atoms with Gasteiger partial charge in [0.2, 0.25) is 5.91 Å². The van der Waals surface area contributed by atoms with E-state index in [0.717, 1.165) is 43.6 Å². The summed E-state index contributed by atoms with van der Waals surface area (Å²) in [5, 5.41) is 7.03. The fourth-order valence-corrected chi connectivity index (χ4v) is 3.97. The summed E-state index contributed by atoms with van der Waals surface area (Å²) in [5.41, 5.74) is 1.86. The fourth-order valence-electron chi connectivity index (χ4n) is 3.15. The first kappa shape index (κ1) is 14.5. The van der Waals surface area contributed by atoms with Crippen LogP contribution in [0.4, 0.5) is 0 Å². The quantitative estimate of drug-likeness (QED) is 0.890. The third-order valence-electron chi connectivity index (χ3n) is 4.34. The highest BCUT2D eigenvalue weighted by molar-refractivity contribution is 7.08. The van der Waals surface area contributed by atoms with Crippen LogP contribution in [0.2, 0.25) is 0 Å². The van der Waals surface area contributed by atoms with Gasteiger partial charge in [0.25, 0.3) is 5.91 Å². The van der Waals surface area contributed by atoms with Gasteiger partial charge >= 0.3 is 0 Å². The zero-order chi connectivity index (χ0) is 14.8. The Labute approximate surface area is 128 Å². The van der Waals surface area contributed by atoms with E-state index in [1.165, 1.54) is 0 Å². The molecule has 2 fully saturated rings. The van der Waals surface area contributed by atoms with E-state index in [0.29, 0.717) is 13.1 Å². The SMILES string of the molecule is Cc1cscc1C(=O)N1CCCC(N2CCNCC2=O)C1. The molecule has 1 unspecified atom stereocenters. The summed E-state index contributed by atoms with van der Waals surface area (Å²) >= 11 is 1.57. The molecular weight excluding hydrogens is 286 g/mol. The Hall–Kier alpha value is -1.40. The minimum absolute atomic E-state index is 0.112. The molecule has 21 heavy (non-hydrogen) atoms. The van der Waals surface area contributed by atoms with Gasteiger partial charge in [0, 0.05) is 37.6 Å². The zero-order valence-corrected chi connectivity index (χ0v) is 13.1. The summed E-state index contributed by atoms with van der Waals surface area (Å²) in [5.74, 6) is 0.272. The number of thiophene rings is 1. The van der Waals surface area contributed by atoms with Crippen LogP contribution in [-0.4, -0.2) is 60.4 Å². The average Bonchev–Trinajstić information content (AvgIpc) is 2.93. The normalized spacial score (nSPS) is 23.5. The van der Waals surface area contributed by atoms with Gasteiger partial charge in [-0.1, -0.05) is 0 Å². The third-order valence-corrected chi connectivity index (χ3v) is 5.20. The maximum atomic E-state index is 12.6. The van der Waals surface area contributed by atoms with Crippen molar-refractivity contribution in [2.24, 2.45) is 0 Å². The van der Waals surface area contributed by atoms with Gasteiger partial charge in [-0.25, -0.2) is 0 Å². The lowest BCUT2D eigenvalue weighted by molar-refractivity contribution is -0.135. The molecule has 0 aromatic carbocycles. The first-order valence-corrected chi connectivity index (χ1v) is 8.43. The molecular formula is C15H21N3O2S. The van der Waals surface area contributed by atoms with Crippen LogP contribution in [0.25, 0.3) is 0 Å². The molecule has 2 aliphatic rings. The number of amides is 2. The van der Waals surface area contributed by atoms with Crippen molar-refractivity contribution in [3.63, 3.8) is 0 Å². The Morgan fingerprint density at radius 2 is 2.24 bits per heavy atom. The van der Waals surface area contributed by atoms with Crippen LogP contribution >= 0.6 is 11.3 Å². The van der Waals surface area contributed by atoms with Gasteiger partial charge in [0.1, 0.15) is 0 Å². The smallest absolute Gasteiger partial charge is 0.255 e. The van der Waals surface area contributed by atoms with Crippen LogP contribution in [0.15, 0.2) is 10.8 Å². The number of carbonyl (C=O) groups excluding carboxylic acids is 2. The number of piperidine rings is 1. The molecule has 3 rings (SSSR count). The molecule has 1 aromatic rings. The van der Waals surface area contributed by atoms with Gasteiger partial charge in [-0.2, -0.15) is 11.3 Å². The predicted molar refractivity (Wildman–Crippen MR) is 82.6 cm³/mol. The summed E-state index contributed by atoms with van der Waals surface area (Å²) in [6.07, 6.45) is 1.97. The van der Waals surface area contributed by atoms with Crippen molar-refractivity contribution >= 4 is 23.2 Å². The number of piperazine rings is 1. The molecule has 3 heterocycles. The topological polar surface area (TPSA) is 52.7 Å². The monoisotopic (exact) mass is 307 g/mol. The van der Waals surface area contributed by atoms with Gasteiger partial charge in [0.15, 0.2) is 0 Å². The van der Waals surface area contributed by atoms with Gasteiger partial charge in [-0.15, -0.1) is 0 Å². The molecule has 6 heteroatoms. The van der Waals surface area contributed by atoms with Crippen molar-refractivity contribution in [1.29, 1.82) is 0 Å². The molecule has 0 saturated carbocycles. The Morgan fingerprint density at radius 3 is 2.95 bits per heavy atom. The zero-order valence-electron chi connectivity index (χ0n) is 12.3. The molecule has 0 spiro atoms. The Morgan fingerprint density at radius 1 is 1.38 bits per heavy atom. The number of hydrogen-bond acceptors (Lipinski definition) is 4. The molecule has 1 atom stereocenters. The van der Waals surface area contributed by atoms with Crippen molar-refractivity contribution in [2.75, 3.05) is 32.7 Å². The standard InChI is InChI=1S/C15H21N3O2S/c1-11-9-21-10-13(11)15(20)17-5-2-3-12(8-17)18-6-4-16-7-14(18)19/h9-10,12,16H,2-8H2,1H3. The van der Waals surface area contributed by atoms with Crippen molar-refractivity contribution < 1.29 is 9.59 Å². The number of nitrogens with one attached hydrogen (secondary N) is 1. The molecule has 0 radical (unpaired) electrons. The largest absolute Gasteiger partial charge is 0.337 e. The summed E-state index contributed by atoms with van der Waals surface area (Å²) in [4.78, 5) is 28.5. The van der Waals surface area contributed by atoms with Gasteiger partial charge in [-0.3, -0.25) is 9.59 Å². The highest BCUT2D eigenvalue weighted by atomic mass is 32.1. The van der Waals surface area contributed by atoms with Gasteiger partial charge in [-0.05, 0) is 30.7 Å². The molecule has 2 amide bonds. The highest BCUT2D eigenvalue weighted by Crippen LogP contribution is 2.21. The Bertz CT molecular complexity index is 543. The lowest BCUT2D eigenvalue weighted by Crippen LogP contribution is -2.57. The fraction of sp³-hybridized carbons (Fsp3) is 0.600. The van der Waals surface area contributed by atoms with Crippen LogP contribution in [0.3, 0.4) is 0 Å². The lowest BCUT2D eigenvalue weighted by Gasteiger charge is -2.41. The van der Waals surface area contributed by atoms with E-state index < -0.39 is 0 Å². The number of aryl methyl sites for hydroxylation is 1. The summed E-state index contributed by atoms with van der Waals surface area (Å²) < 4.78 is 0. The van der Waals surface area contributed by atoms with Crippen LogP contribution in [-0.2, 0) is 4.79 Å². The Kier molecular flexibility index (Phi) is 4.26. The van der Waals surface area contributed by atoms with Crippen molar-refractivity contribution in [3.8, 4) is 0 Å². The van der Waals surface area contributed by atoms with Gasteiger partial charge < -0.3 is 15.1 Å². The predicted octanol–water partition coefficient (Wildman–Crippen LogP) is 1.09. The van der Waals surface area contributed by atoms with E-state index in [1.807, 2.05) is 27.5 Å². The maximum Gasteiger partial charge on any atom is 0.255 e. The highest BCUT2D eigenvalue weighted by Gasteiger charge is 2.32. The molecule has 2 saturated heterocycles. The third kappa shape index (κ3) is 2.96. The molecule has 1 N–H and O–H groups in total. The van der Waals surface area contributed by atoms with Crippen molar-refractivity contribution in [3.05, 3.63) is 21.9 Å². The van der Waals surface area contributed by atoms with Crippen LogP contribution in [0.1, 0.15) is 28.8 Å². The number of nitrogens with zero attached hydrogens (tertiary/aromatic N) is 2.